The molecule has 1 saturated heterocycles. The van der Waals surface area contributed by atoms with Crippen molar-refractivity contribution in [3.8, 4) is 0 Å². The molecular weight excluding hydrogens is 302 g/mol. The molecule has 1 fully saturated rings. The summed E-state index contributed by atoms with van der Waals surface area (Å²) in [6, 6.07) is 4.18. The summed E-state index contributed by atoms with van der Waals surface area (Å²) in [7, 11) is -5.39. The maximum atomic E-state index is 12.0. The fourth-order valence-electron chi connectivity index (χ4n) is 2.12. The van der Waals surface area contributed by atoms with Crippen LogP contribution in [0.15, 0.2) is 23.1 Å². The van der Waals surface area contributed by atoms with Crippen LogP contribution in [-0.2, 0) is 19.9 Å². The van der Waals surface area contributed by atoms with E-state index in [-0.39, 0.29) is 22.4 Å². The lowest BCUT2D eigenvalue weighted by molar-refractivity contribution is 0.588. The lowest BCUT2D eigenvalue weighted by Gasteiger charge is -2.16. The summed E-state index contributed by atoms with van der Waals surface area (Å²) < 4.78 is 49.0. The largest absolute Gasteiger partial charge is 0.399 e. The van der Waals surface area contributed by atoms with E-state index in [0.717, 1.165) is 0 Å². The smallest absolute Gasteiger partial charge is 0.242 e. The zero-order valence-corrected chi connectivity index (χ0v) is 12.6. The average Bonchev–Trinajstić information content (AvgIpc) is 2.71. The van der Waals surface area contributed by atoms with Gasteiger partial charge in [-0.2, -0.15) is 0 Å². The third kappa shape index (κ3) is 3.22. The monoisotopic (exact) mass is 319 g/mol. The second-order valence-corrected chi connectivity index (χ2v) is 8.79. The molecule has 1 unspecified atom stereocenters. The molecule has 0 saturated carbocycles. The van der Waals surface area contributed by atoms with Gasteiger partial charge in [-0.15, -0.1) is 0 Å². The molecule has 0 amide bonds. The Balaban J connectivity index is 2.33. The number of sulfonamides is 1. The average molecular weight is 319 g/mol. The predicted molar refractivity (Wildman–Crippen MR) is 77.8 cm³/mol. The normalized spacial score (nSPS) is 21.8. The first kappa shape index (κ1) is 15.1. The number of sulfone groups is 1. The molecule has 1 aliphatic rings. The zero-order chi connectivity index (χ0) is 15.0. The van der Waals surface area contributed by atoms with Crippen LogP contribution in [0.3, 0.4) is 0 Å². The summed E-state index contributed by atoms with van der Waals surface area (Å²) in [6.45, 7) is 0. The quantitative estimate of drug-likeness (QED) is 0.660. The summed E-state index contributed by atoms with van der Waals surface area (Å²) in [5.41, 5.74) is 6.29. The second kappa shape index (κ2) is 5.23. The summed E-state index contributed by atoms with van der Waals surface area (Å²) >= 11 is 0. The molecule has 1 heterocycles. The van der Waals surface area contributed by atoms with Gasteiger partial charge in [0, 0.05) is 11.7 Å². The SMILES string of the molecule is CNS(=O)(=O)c1cc(N)ccc1NC1CCS(=O)(=O)C1. The fraction of sp³-hybridized carbons (Fsp3) is 0.455. The Morgan fingerprint density at radius 3 is 2.60 bits per heavy atom. The van der Waals surface area contributed by atoms with Crippen molar-refractivity contribution in [1.29, 1.82) is 0 Å². The molecule has 1 aliphatic heterocycles. The van der Waals surface area contributed by atoms with Crippen LogP contribution in [0.2, 0.25) is 0 Å². The molecular formula is C11H17N3O4S2. The Hall–Kier alpha value is -1.32. The molecule has 7 nitrogen and oxygen atoms in total. The van der Waals surface area contributed by atoms with E-state index in [4.69, 9.17) is 5.73 Å². The van der Waals surface area contributed by atoms with E-state index in [9.17, 15) is 16.8 Å². The van der Waals surface area contributed by atoms with E-state index >= 15 is 0 Å². The maximum absolute atomic E-state index is 12.0. The van der Waals surface area contributed by atoms with Crippen molar-refractivity contribution < 1.29 is 16.8 Å². The Kier molecular flexibility index (Phi) is 3.94. The van der Waals surface area contributed by atoms with Gasteiger partial charge < -0.3 is 11.1 Å². The number of hydrogen-bond donors (Lipinski definition) is 3. The molecule has 2 rings (SSSR count). The highest BCUT2D eigenvalue weighted by Crippen LogP contribution is 2.26. The minimum absolute atomic E-state index is 0.0103. The molecule has 0 radical (unpaired) electrons. The van der Waals surface area contributed by atoms with E-state index in [1.54, 1.807) is 12.1 Å². The van der Waals surface area contributed by atoms with Crippen LogP contribution in [0, 0.1) is 0 Å². The van der Waals surface area contributed by atoms with Gasteiger partial charge in [0.15, 0.2) is 9.84 Å². The summed E-state index contributed by atoms with van der Waals surface area (Å²) in [6.07, 6.45) is 0.464. The minimum atomic E-state index is -3.66. The van der Waals surface area contributed by atoms with E-state index in [1.165, 1.54) is 13.1 Å². The highest BCUT2D eigenvalue weighted by atomic mass is 32.2. The fourth-order valence-corrected chi connectivity index (χ4v) is 4.72. The zero-order valence-electron chi connectivity index (χ0n) is 11.0. The van der Waals surface area contributed by atoms with Crippen molar-refractivity contribution in [2.45, 2.75) is 17.4 Å². The number of nitrogens with one attached hydrogen (secondary N) is 2. The number of hydrogen-bond acceptors (Lipinski definition) is 6. The summed E-state index contributed by atoms with van der Waals surface area (Å²) in [5.74, 6) is 0.129. The number of benzene rings is 1. The molecule has 112 valence electrons. The lowest BCUT2D eigenvalue weighted by atomic mass is 10.2. The summed E-state index contributed by atoms with van der Waals surface area (Å²) in [4.78, 5) is 0.0179. The third-order valence-electron chi connectivity index (χ3n) is 3.16. The van der Waals surface area contributed by atoms with E-state index in [0.29, 0.717) is 17.8 Å². The van der Waals surface area contributed by atoms with E-state index in [2.05, 4.69) is 10.0 Å². The molecule has 20 heavy (non-hydrogen) atoms. The molecule has 0 aromatic heterocycles. The highest BCUT2D eigenvalue weighted by Gasteiger charge is 2.29. The van der Waals surface area contributed by atoms with Crippen molar-refractivity contribution >= 4 is 31.2 Å². The van der Waals surface area contributed by atoms with Gasteiger partial charge in [-0.25, -0.2) is 21.6 Å². The summed E-state index contributed by atoms with van der Waals surface area (Å²) in [5, 5.41) is 2.98. The highest BCUT2D eigenvalue weighted by molar-refractivity contribution is 7.91. The third-order valence-corrected chi connectivity index (χ3v) is 6.38. The molecule has 1 atom stereocenters. The number of nitrogens with two attached hydrogens (primary N) is 1. The first-order chi connectivity index (χ1) is 9.23. The Morgan fingerprint density at radius 2 is 2.05 bits per heavy atom. The lowest BCUT2D eigenvalue weighted by Crippen LogP contribution is -2.25. The topological polar surface area (TPSA) is 118 Å². The van der Waals surface area contributed by atoms with Gasteiger partial charge in [0.1, 0.15) is 4.90 Å². The van der Waals surface area contributed by atoms with Crippen molar-refractivity contribution in [3.05, 3.63) is 18.2 Å². The van der Waals surface area contributed by atoms with Gasteiger partial charge in [-0.05, 0) is 31.7 Å². The molecule has 0 bridgehead atoms. The van der Waals surface area contributed by atoms with Crippen LogP contribution in [0.4, 0.5) is 11.4 Å². The van der Waals surface area contributed by atoms with E-state index in [1.807, 2.05) is 0 Å². The van der Waals surface area contributed by atoms with Crippen molar-refractivity contribution in [2.24, 2.45) is 0 Å². The Labute approximate surface area is 118 Å². The first-order valence-corrected chi connectivity index (χ1v) is 9.34. The van der Waals surface area contributed by atoms with Crippen LogP contribution < -0.4 is 15.8 Å². The van der Waals surface area contributed by atoms with Crippen molar-refractivity contribution in [3.63, 3.8) is 0 Å². The predicted octanol–water partition coefficient (Wildman–Crippen LogP) is -0.224. The van der Waals surface area contributed by atoms with Crippen LogP contribution in [0.5, 0.6) is 0 Å². The van der Waals surface area contributed by atoms with Crippen LogP contribution in [0.25, 0.3) is 0 Å². The van der Waals surface area contributed by atoms with Gasteiger partial charge in [0.25, 0.3) is 0 Å². The molecule has 0 aliphatic carbocycles. The standard InChI is InChI=1S/C11H17N3O4S2/c1-13-20(17,18)11-6-8(12)2-3-10(11)14-9-4-5-19(15,16)7-9/h2-3,6,9,13-14H,4-5,7,12H2,1H3. The maximum Gasteiger partial charge on any atom is 0.242 e. The van der Waals surface area contributed by atoms with Gasteiger partial charge in [-0.3, -0.25) is 0 Å². The number of anilines is 2. The van der Waals surface area contributed by atoms with Crippen LogP contribution >= 0.6 is 0 Å². The van der Waals surface area contributed by atoms with E-state index < -0.39 is 19.9 Å². The van der Waals surface area contributed by atoms with Gasteiger partial charge in [0.2, 0.25) is 10.0 Å². The first-order valence-electron chi connectivity index (χ1n) is 6.03. The van der Waals surface area contributed by atoms with Gasteiger partial charge in [0.05, 0.1) is 17.2 Å². The molecule has 9 heteroatoms. The van der Waals surface area contributed by atoms with Crippen molar-refractivity contribution in [2.75, 3.05) is 29.6 Å². The van der Waals surface area contributed by atoms with Crippen LogP contribution in [-0.4, -0.2) is 41.4 Å². The molecule has 0 spiro atoms. The minimum Gasteiger partial charge on any atom is -0.399 e. The van der Waals surface area contributed by atoms with Gasteiger partial charge in [-0.1, -0.05) is 0 Å². The second-order valence-electron chi connectivity index (χ2n) is 4.71. The molecule has 4 N–H and O–H groups in total. The van der Waals surface area contributed by atoms with Crippen LogP contribution in [0.1, 0.15) is 6.42 Å². The van der Waals surface area contributed by atoms with Crippen molar-refractivity contribution in [1.82, 2.24) is 4.72 Å². The number of rotatable bonds is 4. The molecule has 1 aromatic rings. The Bertz CT molecular complexity index is 713. The number of nitrogen functional groups attached to an aromatic ring is 1. The van der Waals surface area contributed by atoms with Gasteiger partial charge >= 0.3 is 0 Å². The Morgan fingerprint density at radius 1 is 1.35 bits per heavy atom. The molecule has 1 aromatic carbocycles.